The molecular formula is C14H32CuO4S. The van der Waals surface area contributed by atoms with Crippen LogP contribution in [0, 0.1) is 0 Å². The minimum Gasteiger partial charge on any atom is -0.264 e. The van der Waals surface area contributed by atoms with Gasteiger partial charge in [-0.3, -0.25) is 9.11 Å². The van der Waals surface area contributed by atoms with Crippen LogP contribution in [0.1, 0.15) is 90.9 Å². The van der Waals surface area contributed by atoms with Gasteiger partial charge in [0, 0.05) is 17.1 Å². The summed E-state index contributed by atoms with van der Waals surface area (Å²) in [7, 11) is -4.67. The van der Waals surface area contributed by atoms with E-state index in [2.05, 4.69) is 13.8 Å². The molecule has 1 radical (unpaired) electrons. The van der Waals surface area contributed by atoms with Crippen LogP contribution in [0.15, 0.2) is 0 Å². The van der Waals surface area contributed by atoms with Crippen molar-refractivity contribution in [2.45, 2.75) is 90.9 Å². The van der Waals surface area contributed by atoms with Crippen molar-refractivity contribution >= 4 is 10.4 Å². The molecule has 0 fully saturated rings. The van der Waals surface area contributed by atoms with Gasteiger partial charge in [-0.05, 0) is 0 Å². The summed E-state index contributed by atoms with van der Waals surface area (Å²) in [6.07, 6.45) is 17.4. The molecule has 129 valence electrons. The number of rotatable bonds is 11. The fourth-order valence-corrected chi connectivity index (χ4v) is 1.91. The zero-order valence-corrected chi connectivity index (χ0v) is 14.7. The Morgan fingerprint density at radius 2 is 0.750 bits per heavy atom. The Kier molecular flexibility index (Phi) is 24.6. The van der Waals surface area contributed by atoms with E-state index < -0.39 is 10.4 Å². The molecule has 20 heavy (non-hydrogen) atoms. The summed E-state index contributed by atoms with van der Waals surface area (Å²) in [5.74, 6) is 0. The Morgan fingerprint density at radius 1 is 0.600 bits per heavy atom. The molecule has 0 aromatic carbocycles. The van der Waals surface area contributed by atoms with E-state index in [1.54, 1.807) is 0 Å². The third-order valence-corrected chi connectivity index (χ3v) is 2.96. The van der Waals surface area contributed by atoms with E-state index in [1.807, 2.05) is 0 Å². The Bertz CT molecular complexity index is 236. The maximum atomic E-state index is 8.74. The van der Waals surface area contributed by atoms with Crippen LogP contribution in [0.25, 0.3) is 0 Å². The average Bonchev–Trinajstić information content (AvgIpc) is 2.29. The molecule has 0 bridgehead atoms. The molecule has 0 saturated carbocycles. The van der Waals surface area contributed by atoms with Gasteiger partial charge in [0.15, 0.2) is 0 Å². The predicted molar refractivity (Wildman–Crippen MR) is 80.9 cm³/mol. The second kappa shape index (κ2) is 19.4. The van der Waals surface area contributed by atoms with Crippen LogP contribution >= 0.6 is 0 Å². The van der Waals surface area contributed by atoms with Crippen LogP contribution in [-0.4, -0.2) is 17.5 Å². The topological polar surface area (TPSA) is 74.6 Å². The number of hydrogen-bond acceptors (Lipinski definition) is 2. The summed E-state index contributed by atoms with van der Waals surface area (Å²) in [4.78, 5) is 0. The molecule has 0 unspecified atom stereocenters. The van der Waals surface area contributed by atoms with Gasteiger partial charge in [0.25, 0.3) is 0 Å². The normalized spacial score (nSPS) is 10.4. The fourth-order valence-electron chi connectivity index (χ4n) is 1.91. The molecule has 0 aliphatic rings. The Morgan fingerprint density at radius 3 is 0.900 bits per heavy atom. The molecule has 0 spiro atoms. The molecule has 4 nitrogen and oxygen atoms in total. The Labute approximate surface area is 136 Å². The van der Waals surface area contributed by atoms with Gasteiger partial charge in [0.05, 0.1) is 0 Å². The van der Waals surface area contributed by atoms with Crippen LogP contribution in [0.2, 0.25) is 0 Å². The quantitative estimate of drug-likeness (QED) is 0.307. The first-order chi connectivity index (χ1) is 8.91. The Hall–Kier alpha value is 0.389. The van der Waals surface area contributed by atoms with Gasteiger partial charge in [0.1, 0.15) is 0 Å². The van der Waals surface area contributed by atoms with E-state index in [9.17, 15) is 0 Å². The third-order valence-electron chi connectivity index (χ3n) is 2.96. The van der Waals surface area contributed by atoms with Gasteiger partial charge in [-0.25, -0.2) is 0 Å². The van der Waals surface area contributed by atoms with Gasteiger partial charge in [-0.15, -0.1) is 0 Å². The van der Waals surface area contributed by atoms with Crippen molar-refractivity contribution in [3.05, 3.63) is 0 Å². The van der Waals surface area contributed by atoms with Crippen LogP contribution in [0.5, 0.6) is 0 Å². The van der Waals surface area contributed by atoms with Crippen molar-refractivity contribution in [2.75, 3.05) is 0 Å². The monoisotopic (exact) mass is 359 g/mol. The van der Waals surface area contributed by atoms with E-state index in [-0.39, 0.29) is 17.1 Å². The maximum Gasteiger partial charge on any atom is 0.394 e. The molecule has 0 heterocycles. The van der Waals surface area contributed by atoms with Gasteiger partial charge >= 0.3 is 10.4 Å². The molecule has 2 N–H and O–H groups in total. The number of unbranched alkanes of at least 4 members (excludes halogenated alkanes) is 11. The SMILES string of the molecule is CCCCCCCCCCCCCC.O=S(=O)(O)O.[Cu]. The molecule has 0 aromatic heterocycles. The first-order valence-electron chi connectivity index (χ1n) is 7.61. The molecular weight excluding hydrogens is 328 g/mol. The standard InChI is InChI=1S/C14H30.Cu.H2O4S/c1-3-5-7-9-11-13-14-12-10-8-6-4-2;;1-5(2,3)4/h3-14H2,1-2H3;;(H2,1,2,3,4). The minimum atomic E-state index is -4.67. The summed E-state index contributed by atoms with van der Waals surface area (Å²) in [6.45, 7) is 4.57. The van der Waals surface area contributed by atoms with Crippen molar-refractivity contribution in [1.82, 2.24) is 0 Å². The Balaban J connectivity index is -0.000000414. The van der Waals surface area contributed by atoms with Crippen molar-refractivity contribution in [3.63, 3.8) is 0 Å². The van der Waals surface area contributed by atoms with Crippen LogP contribution < -0.4 is 0 Å². The third kappa shape index (κ3) is 42.9. The van der Waals surface area contributed by atoms with E-state index in [0.29, 0.717) is 0 Å². The summed E-state index contributed by atoms with van der Waals surface area (Å²) in [6, 6.07) is 0. The molecule has 0 aromatic rings. The van der Waals surface area contributed by atoms with Crippen molar-refractivity contribution < 1.29 is 34.6 Å². The van der Waals surface area contributed by atoms with Crippen molar-refractivity contribution in [3.8, 4) is 0 Å². The number of hydrogen-bond donors (Lipinski definition) is 2. The van der Waals surface area contributed by atoms with Crippen LogP contribution in [0.4, 0.5) is 0 Å². The van der Waals surface area contributed by atoms with E-state index in [4.69, 9.17) is 17.5 Å². The second-order valence-electron chi connectivity index (χ2n) is 4.98. The van der Waals surface area contributed by atoms with Gasteiger partial charge < -0.3 is 0 Å². The molecule has 0 aliphatic heterocycles. The summed E-state index contributed by atoms with van der Waals surface area (Å²) < 4.78 is 31.6. The maximum absolute atomic E-state index is 8.74. The zero-order chi connectivity index (χ0) is 15.0. The summed E-state index contributed by atoms with van der Waals surface area (Å²) in [5.41, 5.74) is 0. The molecule has 0 aliphatic carbocycles. The molecule has 6 heteroatoms. The van der Waals surface area contributed by atoms with Gasteiger partial charge in [-0.1, -0.05) is 90.9 Å². The fraction of sp³-hybridized carbons (Fsp3) is 1.00. The van der Waals surface area contributed by atoms with Gasteiger partial charge in [0.2, 0.25) is 0 Å². The van der Waals surface area contributed by atoms with Crippen molar-refractivity contribution in [1.29, 1.82) is 0 Å². The largest absolute Gasteiger partial charge is 0.394 e. The molecule has 0 rings (SSSR count). The predicted octanol–water partition coefficient (Wildman–Crippen LogP) is 5.05. The van der Waals surface area contributed by atoms with E-state index >= 15 is 0 Å². The van der Waals surface area contributed by atoms with Crippen LogP contribution in [-0.2, 0) is 27.5 Å². The molecule has 0 amide bonds. The van der Waals surface area contributed by atoms with E-state index in [1.165, 1.54) is 77.0 Å². The molecule has 0 atom stereocenters. The summed E-state index contributed by atoms with van der Waals surface area (Å²) >= 11 is 0. The van der Waals surface area contributed by atoms with E-state index in [0.717, 1.165) is 0 Å². The average molecular weight is 360 g/mol. The van der Waals surface area contributed by atoms with Crippen molar-refractivity contribution in [2.24, 2.45) is 0 Å². The first-order valence-corrected chi connectivity index (χ1v) is 9.01. The smallest absolute Gasteiger partial charge is 0.264 e. The first kappa shape index (κ1) is 25.3. The van der Waals surface area contributed by atoms with Crippen LogP contribution in [0.3, 0.4) is 0 Å². The second-order valence-corrected chi connectivity index (χ2v) is 5.88. The zero-order valence-electron chi connectivity index (χ0n) is 12.9. The minimum absolute atomic E-state index is 0. The van der Waals surface area contributed by atoms with Gasteiger partial charge in [-0.2, -0.15) is 8.42 Å². The molecule has 0 saturated heterocycles. The summed E-state index contributed by atoms with van der Waals surface area (Å²) in [5, 5.41) is 0.